The van der Waals surface area contributed by atoms with Gasteiger partial charge >= 0.3 is 5.97 Å². The van der Waals surface area contributed by atoms with Crippen molar-refractivity contribution in [3.05, 3.63) is 23.8 Å². The summed E-state index contributed by atoms with van der Waals surface area (Å²) in [6.07, 6.45) is 0. The largest absolute Gasteiger partial charge is 0.497 e. The highest BCUT2D eigenvalue weighted by atomic mass is 16.6. The summed E-state index contributed by atoms with van der Waals surface area (Å²) in [6.45, 7) is 5.09. The lowest BCUT2D eigenvalue weighted by Crippen LogP contribution is -2.29. The summed E-state index contributed by atoms with van der Waals surface area (Å²) in [7, 11) is 2.92. The Morgan fingerprint density at radius 1 is 1.05 bits per heavy atom. The second kappa shape index (κ2) is 5.73. The van der Waals surface area contributed by atoms with Gasteiger partial charge in [0.05, 0.1) is 19.8 Å². The normalized spacial score (nSPS) is 10.8. The molecule has 0 saturated carbocycles. The molecule has 0 saturated heterocycles. The van der Waals surface area contributed by atoms with Crippen molar-refractivity contribution in [1.82, 2.24) is 0 Å². The van der Waals surface area contributed by atoms with Gasteiger partial charge in [-0.25, -0.2) is 4.79 Å². The predicted octanol–water partition coefficient (Wildman–Crippen LogP) is 2.23. The Labute approximate surface area is 112 Å². The van der Waals surface area contributed by atoms with Crippen LogP contribution in [0, 0.1) is 0 Å². The van der Waals surface area contributed by atoms with Crippen LogP contribution in [-0.4, -0.2) is 31.6 Å². The second-order valence-electron chi connectivity index (χ2n) is 4.90. The molecule has 0 bridgehead atoms. The Hall–Kier alpha value is -2.04. The average Bonchev–Trinajstić information content (AvgIpc) is 2.35. The Morgan fingerprint density at radius 2 is 1.68 bits per heavy atom. The predicted molar refractivity (Wildman–Crippen MR) is 69.7 cm³/mol. The molecule has 0 aliphatic carbocycles. The minimum absolute atomic E-state index is 0.151. The highest BCUT2D eigenvalue weighted by Crippen LogP contribution is 2.25. The van der Waals surface area contributed by atoms with Gasteiger partial charge in [0.25, 0.3) is 5.78 Å². The van der Waals surface area contributed by atoms with E-state index in [1.54, 1.807) is 26.8 Å². The molecule has 0 unspecified atom stereocenters. The summed E-state index contributed by atoms with van der Waals surface area (Å²) in [5.74, 6) is -0.835. The van der Waals surface area contributed by atoms with Gasteiger partial charge in [0, 0.05) is 6.07 Å². The van der Waals surface area contributed by atoms with Crippen molar-refractivity contribution in [2.45, 2.75) is 26.4 Å². The van der Waals surface area contributed by atoms with Crippen LogP contribution < -0.4 is 9.47 Å². The molecule has 5 heteroatoms. The van der Waals surface area contributed by atoms with Crippen molar-refractivity contribution in [3.8, 4) is 11.5 Å². The third-order valence-corrected chi connectivity index (χ3v) is 2.24. The molecular weight excluding hydrogens is 248 g/mol. The summed E-state index contributed by atoms with van der Waals surface area (Å²) in [5, 5.41) is 0. The highest BCUT2D eigenvalue weighted by Gasteiger charge is 2.26. The molecule has 104 valence electrons. The molecule has 0 fully saturated rings. The van der Waals surface area contributed by atoms with E-state index in [4.69, 9.17) is 14.2 Å². The number of carbonyl (C=O) groups excluding carboxylic acids is 2. The van der Waals surface area contributed by atoms with E-state index in [0.717, 1.165) is 0 Å². The maximum absolute atomic E-state index is 12.0. The molecule has 0 aliphatic heterocycles. The van der Waals surface area contributed by atoms with Gasteiger partial charge in [0.15, 0.2) is 0 Å². The minimum Gasteiger partial charge on any atom is -0.497 e. The first-order valence-electron chi connectivity index (χ1n) is 5.78. The van der Waals surface area contributed by atoms with E-state index in [9.17, 15) is 9.59 Å². The Kier molecular flexibility index (Phi) is 4.53. The molecule has 5 nitrogen and oxygen atoms in total. The van der Waals surface area contributed by atoms with Crippen molar-refractivity contribution >= 4 is 11.8 Å². The molecule has 0 heterocycles. The van der Waals surface area contributed by atoms with Gasteiger partial charge in [-0.3, -0.25) is 4.79 Å². The minimum atomic E-state index is -0.907. The molecule has 1 aromatic rings. The Morgan fingerprint density at radius 3 is 2.16 bits per heavy atom. The fraction of sp³-hybridized carbons (Fsp3) is 0.429. The van der Waals surface area contributed by atoms with Crippen LogP contribution in [0.1, 0.15) is 31.1 Å². The van der Waals surface area contributed by atoms with Gasteiger partial charge in [-0.05, 0) is 32.9 Å². The first kappa shape index (κ1) is 15.0. The summed E-state index contributed by atoms with van der Waals surface area (Å²) < 4.78 is 15.1. The van der Waals surface area contributed by atoms with E-state index in [1.807, 2.05) is 0 Å². The monoisotopic (exact) mass is 266 g/mol. The van der Waals surface area contributed by atoms with Gasteiger partial charge in [0.2, 0.25) is 0 Å². The van der Waals surface area contributed by atoms with Gasteiger partial charge < -0.3 is 14.2 Å². The molecule has 0 aromatic heterocycles. The van der Waals surface area contributed by atoms with E-state index >= 15 is 0 Å². The molecule has 0 radical (unpaired) electrons. The second-order valence-corrected chi connectivity index (χ2v) is 4.90. The first-order chi connectivity index (χ1) is 8.78. The molecule has 0 atom stereocenters. The fourth-order valence-corrected chi connectivity index (χ4v) is 1.42. The number of carbonyl (C=O) groups is 2. The number of esters is 1. The maximum Gasteiger partial charge on any atom is 0.380 e. The molecule has 0 spiro atoms. The topological polar surface area (TPSA) is 61.8 Å². The standard InChI is InChI=1S/C14H18O5/c1-14(2,3)19-13(16)12(15)10-7-6-9(17-4)8-11(10)18-5/h6-8H,1-5H3. The van der Waals surface area contributed by atoms with Crippen LogP contribution in [0.2, 0.25) is 0 Å². The molecular formula is C14H18O5. The number of Topliss-reactive ketones (excluding diaryl/α,β-unsaturated/α-hetero) is 1. The number of rotatable bonds is 4. The quantitative estimate of drug-likeness (QED) is 0.475. The zero-order valence-electron chi connectivity index (χ0n) is 11.8. The zero-order valence-corrected chi connectivity index (χ0v) is 11.8. The summed E-state index contributed by atoms with van der Waals surface area (Å²) in [4.78, 5) is 23.7. The molecule has 0 N–H and O–H groups in total. The summed E-state index contributed by atoms with van der Waals surface area (Å²) >= 11 is 0. The van der Waals surface area contributed by atoms with Gasteiger partial charge in [-0.1, -0.05) is 0 Å². The van der Waals surface area contributed by atoms with Gasteiger partial charge in [-0.2, -0.15) is 0 Å². The van der Waals surface area contributed by atoms with E-state index in [2.05, 4.69) is 0 Å². The number of hydrogen-bond acceptors (Lipinski definition) is 5. The van der Waals surface area contributed by atoms with Crippen LogP contribution in [0.15, 0.2) is 18.2 Å². The first-order valence-corrected chi connectivity index (χ1v) is 5.78. The smallest absolute Gasteiger partial charge is 0.380 e. The van der Waals surface area contributed by atoms with Crippen molar-refractivity contribution < 1.29 is 23.8 Å². The lowest BCUT2D eigenvalue weighted by Gasteiger charge is -2.19. The molecule has 1 rings (SSSR count). The van der Waals surface area contributed by atoms with Crippen molar-refractivity contribution in [1.29, 1.82) is 0 Å². The summed E-state index contributed by atoms with van der Waals surface area (Å²) in [5.41, 5.74) is -0.565. The van der Waals surface area contributed by atoms with E-state index in [0.29, 0.717) is 5.75 Å². The van der Waals surface area contributed by atoms with Crippen LogP contribution in [-0.2, 0) is 9.53 Å². The third-order valence-electron chi connectivity index (χ3n) is 2.24. The van der Waals surface area contributed by atoms with Crippen LogP contribution in [0.25, 0.3) is 0 Å². The Balaban J connectivity index is 3.02. The highest BCUT2D eigenvalue weighted by molar-refractivity contribution is 6.41. The molecule has 0 amide bonds. The van der Waals surface area contributed by atoms with Gasteiger partial charge in [0.1, 0.15) is 17.1 Å². The molecule has 0 aliphatic rings. The Bertz CT molecular complexity index is 485. The number of benzene rings is 1. The fourth-order valence-electron chi connectivity index (χ4n) is 1.42. The van der Waals surface area contributed by atoms with Crippen LogP contribution >= 0.6 is 0 Å². The molecule has 1 aromatic carbocycles. The number of hydrogen-bond donors (Lipinski definition) is 0. The van der Waals surface area contributed by atoms with E-state index in [1.165, 1.54) is 26.4 Å². The van der Waals surface area contributed by atoms with Crippen molar-refractivity contribution in [3.63, 3.8) is 0 Å². The lowest BCUT2D eigenvalue weighted by atomic mass is 10.1. The van der Waals surface area contributed by atoms with E-state index in [-0.39, 0.29) is 11.3 Å². The van der Waals surface area contributed by atoms with Crippen LogP contribution in [0.5, 0.6) is 11.5 Å². The van der Waals surface area contributed by atoms with Crippen molar-refractivity contribution in [2.75, 3.05) is 14.2 Å². The van der Waals surface area contributed by atoms with Crippen molar-refractivity contribution in [2.24, 2.45) is 0 Å². The molecule has 19 heavy (non-hydrogen) atoms. The lowest BCUT2D eigenvalue weighted by molar-refractivity contribution is -0.148. The SMILES string of the molecule is COc1ccc(C(=O)C(=O)OC(C)(C)C)c(OC)c1. The number of ether oxygens (including phenoxy) is 3. The van der Waals surface area contributed by atoms with Crippen LogP contribution in [0.4, 0.5) is 0 Å². The number of methoxy groups -OCH3 is 2. The average molecular weight is 266 g/mol. The van der Waals surface area contributed by atoms with Gasteiger partial charge in [-0.15, -0.1) is 0 Å². The number of ketones is 1. The maximum atomic E-state index is 12.0. The third kappa shape index (κ3) is 3.98. The van der Waals surface area contributed by atoms with E-state index < -0.39 is 17.4 Å². The van der Waals surface area contributed by atoms with Crippen LogP contribution in [0.3, 0.4) is 0 Å². The zero-order chi connectivity index (χ0) is 14.6. The summed E-state index contributed by atoms with van der Waals surface area (Å²) in [6, 6.07) is 4.60.